The van der Waals surface area contributed by atoms with Crippen molar-refractivity contribution in [2.24, 2.45) is 28.9 Å². The van der Waals surface area contributed by atoms with E-state index in [0.717, 1.165) is 29.9 Å². The lowest BCUT2D eigenvalue weighted by atomic mass is 9.48. The summed E-state index contributed by atoms with van der Waals surface area (Å²) in [5.41, 5.74) is 7.36. The second-order valence-corrected chi connectivity index (χ2v) is 7.81. The zero-order valence-corrected chi connectivity index (χ0v) is 12.6. The fourth-order valence-electron chi connectivity index (χ4n) is 5.87. The Kier molecular flexibility index (Phi) is 2.95. The van der Waals surface area contributed by atoms with Crippen LogP contribution in [0.3, 0.4) is 0 Å². The number of imidazole rings is 1. The van der Waals surface area contributed by atoms with Gasteiger partial charge in [0.15, 0.2) is 0 Å². The largest absolute Gasteiger partial charge is 0.334 e. The van der Waals surface area contributed by atoms with Crippen molar-refractivity contribution in [2.45, 2.75) is 57.9 Å². The molecule has 1 unspecified atom stereocenters. The SMILES string of the molecule is CC(n1cnc(CCN)c1)C12CC3CC(CC(C3)C1)C2. The minimum Gasteiger partial charge on any atom is -0.334 e. The molecule has 4 aliphatic carbocycles. The zero-order valence-electron chi connectivity index (χ0n) is 12.6. The van der Waals surface area contributed by atoms with E-state index in [9.17, 15) is 0 Å². The Bertz CT molecular complexity index is 455. The Hall–Kier alpha value is -0.830. The molecule has 1 atom stereocenters. The summed E-state index contributed by atoms with van der Waals surface area (Å²) >= 11 is 0. The predicted octanol–water partition coefficient (Wildman–Crippen LogP) is 3.16. The van der Waals surface area contributed by atoms with Crippen molar-refractivity contribution in [3.8, 4) is 0 Å². The zero-order chi connectivity index (χ0) is 13.7. The van der Waals surface area contributed by atoms with Crippen LogP contribution in [-0.4, -0.2) is 16.1 Å². The first kappa shape index (κ1) is 12.9. The molecule has 0 amide bonds. The number of aromatic nitrogens is 2. The maximum absolute atomic E-state index is 5.64. The molecule has 4 aliphatic rings. The molecule has 0 aliphatic heterocycles. The maximum Gasteiger partial charge on any atom is 0.0952 e. The van der Waals surface area contributed by atoms with Gasteiger partial charge in [-0.3, -0.25) is 0 Å². The summed E-state index contributed by atoms with van der Waals surface area (Å²) in [5, 5.41) is 0. The summed E-state index contributed by atoms with van der Waals surface area (Å²) in [6.45, 7) is 3.13. The first-order chi connectivity index (χ1) is 9.68. The van der Waals surface area contributed by atoms with Gasteiger partial charge in [0.2, 0.25) is 0 Å². The molecule has 4 bridgehead atoms. The first-order valence-electron chi connectivity index (χ1n) is 8.41. The molecule has 1 aromatic rings. The normalized spacial score (nSPS) is 40.2. The molecule has 3 heteroatoms. The topological polar surface area (TPSA) is 43.8 Å². The van der Waals surface area contributed by atoms with Crippen LogP contribution >= 0.6 is 0 Å². The van der Waals surface area contributed by atoms with Gasteiger partial charge in [-0.15, -0.1) is 0 Å². The summed E-state index contributed by atoms with van der Waals surface area (Å²) in [5.74, 6) is 3.07. The molecule has 3 nitrogen and oxygen atoms in total. The van der Waals surface area contributed by atoms with Crippen LogP contribution in [0.1, 0.15) is 57.2 Å². The summed E-state index contributed by atoms with van der Waals surface area (Å²) in [6.07, 6.45) is 14.2. The third kappa shape index (κ3) is 1.93. The summed E-state index contributed by atoms with van der Waals surface area (Å²) in [6, 6.07) is 0.606. The second kappa shape index (κ2) is 4.59. The minimum atomic E-state index is 0.565. The molecule has 1 heterocycles. The highest BCUT2D eigenvalue weighted by Gasteiger charge is 2.53. The van der Waals surface area contributed by atoms with Crippen molar-refractivity contribution < 1.29 is 0 Å². The van der Waals surface area contributed by atoms with Crippen molar-refractivity contribution in [3.63, 3.8) is 0 Å². The minimum absolute atomic E-state index is 0.565. The van der Waals surface area contributed by atoms with E-state index in [1.165, 1.54) is 38.5 Å². The average Bonchev–Trinajstić information content (AvgIpc) is 2.85. The third-order valence-electron chi connectivity index (χ3n) is 6.47. The monoisotopic (exact) mass is 273 g/mol. The highest BCUT2D eigenvalue weighted by Crippen LogP contribution is 2.63. The van der Waals surface area contributed by atoms with E-state index in [1.807, 2.05) is 6.33 Å². The summed E-state index contributed by atoms with van der Waals surface area (Å²) in [4.78, 5) is 4.54. The number of rotatable bonds is 4. The van der Waals surface area contributed by atoms with Gasteiger partial charge in [-0.25, -0.2) is 4.98 Å². The van der Waals surface area contributed by atoms with Gasteiger partial charge in [-0.1, -0.05) is 0 Å². The van der Waals surface area contributed by atoms with Crippen LogP contribution in [0.5, 0.6) is 0 Å². The number of nitrogens with two attached hydrogens (primary N) is 1. The van der Waals surface area contributed by atoms with E-state index in [2.05, 4.69) is 22.7 Å². The molecule has 4 fully saturated rings. The molecule has 0 saturated heterocycles. The van der Waals surface area contributed by atoms with E-state index in [0.29, 0.717) is 18.0 Å². The van der Waals surface area contributed by atoms with Crippen molar-refractivity contribution in [1.82, 2.24) is 9.55 Å². The van der Waals surface area contributed by atoms with Crippen LogP contribution in [0.25, 0.3) is 0 Å². The van der Waals surface area contributed by atoms with Gasteiger partial charge in [-0.05, 0) is 75.2 Å². The maximum atomic E-state index is 5.64. The Balaban J connectivity index is 1.59. The van der Waals surface area contributed by atoms with E-state index in [1.54, 1.807) is 0 Å². The quantitative estimate of drug-likeness (QED) is 0.915. The van der Waals surface area contributed by atoms with Crippen molar-refractivity contribution in [2.75, 3.05) is 6.54 Å². The second-order valence-electron chi connectivity index (χ2n) is 7.81. The van der Waals surface area contributed by atoms with Crippen LogP contribution in [0, 0.1) is 23.2 Å². The van der Waals surface area contributed by atoms with Crippen LogP contribution < -0.4 is 5.73 Å². The molecule has 110 valence electrons. The Morgan fingerprint density at radius 3 is 2.40 bits per heavy atom. The Labute approximate surface area is 122 Å². The molecule has 4 saturated carbocycles. The summed E-state index contributed by atoms with van der Waals surface area (Å²) < 4.78 is 2.39. The number of hydrogen-bond donors (Lipinski definition) is 1. The molecular formula is C17H27N3. The Morgan fingerprint density at radius 2 is 1.85 bits per heavy atom. The molecule has 2 N–H and O–H groups in total. The van der Waals surface area contributed by atoms with E-state index in [-0.39, 0.29) is 0 Å². The van der Waals surface area contributed by atoms with Gasteiger partial charge in [0.05, 0.1) is 12.0 Å². The summed E-state index contributed by atoms with van der Waals surface area (Å²) in [7, 11) is 0. The third-order valence-corrected chi connectivity index (χ3v) is 6.47. The molecule has 0 spiro atoms. The lowest BCUT2D eigenvalue weighted by molar-refractivity contribution is -0.0788. The number of hydrogen-bond acceptors (Lipinski definition) is 2. The van der Waals surface area contributed by atoms with Crippen molar-refractivity contribution >= 4 is 0 Å². The van der Waals surface area contributed by atoms with Gasteiger partial charge < -0.3 is 10.3 Å². The van der Waals surface area contributed by atoms with E-state index >= 15 is 0 Å². The molecule has 0 aromatic carbocycles. The Morgan fingerprint density at radius 1 is 1.25 bits per heavy atom. The first-order valence-corrected chi connectivity index (χ1v) is 8.41. The molecule has 1 aromatic heterocycles. The van der Waals surface area contributed by atoms with Crippen molar-refractivity contribution in [1.29, 1.82) is 0 Å². The fourth-order valence-corrected chi connectivity index (χ4v) is 5.87. The lowest BCUT2D eigenvalue weighted by Crippen LogP contribution is -2.49. The van der Waals surface area contributed by atoms with Gasteiger partial charge >= 0.3 is 0 Å². The van der Waals surface area contributed by atoms with Gasteiger partial charge in [0.1, 0.15) is 0 Å². The highest BCUT2D eigenvalue weighted by molar-refractivity contribution is 5.07. The molecular weight excluding hydrogens is 246 g/mol. The van der Waals surface area contributed by atoms with Crippen LogP contribution in [-0.2, 0) is 6.42 Å². The number of nitrogens with zero attached hydrogens (tertiary/aromatic N) is 2. The smallest absolute Gasteiger partial charge is 0.0952 e. The van der Waals surface area contributed by atoms with Gasteiger partial charge in [-0.2, -0.15) is 0 Å². The van der Waals surface area contributed by atoms with Crippen LogP contribution in [0.2, 0.25) is 0 Å². The van der Waals surface area contributed by atoms with Gasteiger partial charge in [0, 0.05) is 18.7 Å². The molecule has 5 rings (SSSR count). The van der Waals surface area contributed by atoms with E-state index in [4.69, 9.17) is 5.73 Å². The molecule has 0 radical (unpaired) electrons. The standard InChI is InChI=1S/C17H27N3/c1-12(20-10-16(2-3-18)19-11-20)17-7-13-4-14(8-17)6-15(5-13)9-17/h10-15H,2-9,18H2,1H3. The van der Waals surface area contributed by atoms with Crippen LogP contribution in [0.4, 0.5) is 0 Å². The van der Waals surface area contributed by atoms with Crippen molar-refractivity contribution in [3.05, 3.63) is 18.2 Å². The lowest BCUT2D eigenvalue weighted by Gasteiger charge is -2.59. The molecule has 20 heavy (non-hydrogen) atoms. The van der Waals surface area contributed by atoms with E-state index < -0.39 is 0 Å². The fraction of sp³-hybridized carbons (Fsp3) is 0.824. The van der Waals surface area contributed by atoms with Gasteiger partial charge in [0.25, 0.3) is 0 Å². The average molecular weight is 273 g/mol. The highest BCUT2D eigenvalue weighted by atomic mass is 15.1. The predicted molar refractivity (Wildman–Crippen MR) is 80.3 cm³/mol. The van der Waals surface area contributed by atoms with Crippen LogP contribution in [0.15, 0.2) is 12.5 Å².